The second-order valence-corrected chi connectivity index (χ2v) is 9.73. The number of ether oxygens (including phenoxy) is 2. The van der Waals surface area contributed by atoms with E-state index in [4.69, 9.17) is 9.47 Å². The molecular weight excluding hydrogens is 528 g/mol. The highest BCUT2D eigenvalue weighted by Crippen LogP contribution is 2.33. The van der Waals surface area contributed by atoms with E-state index in [1.165, 1.54) is 22.9 Å². The molecule has 0 unspecified atom stereocenters. The number of hydrogen-bond acceptors (Lipinski definition) is 5. The number of carbonyl (C=O) groups excluding carboxylic acids is 1. The fourth-order valence-corrected chi connectivity index (χ4v) is 4.65. The van der Waals surface area contributed by atoms with Gasteiger partial charge in [-0.3, -0.25) is 4.79 Å². The zero-order valence-corrected chi connectivity index (χ0v) is 22.6. The van der Waals surface area contributed by atoms with Crippen LogP contribution in [0.5, 0.6) is 11.5 Å². The topological polar surface area (TPSA) is 76.8 Å². The molecule has 1 saturated heterocycles. The van der Waals surface area contributed by atoms with E-state index in [1.807, 2.05) is 42.2 Å². The third kappa shape index (κ3) is 6.08. The van der Waals surface area contributed by atoms with Crippen LogP contribution in [0, 0.1) is 19.1 Å². The summed E-state index contributed by atoms with van der Waals surface area (Å²) in [4.78, 5) is 14.7. The molecule has 1 amide bonds. The molecule has 1 N–H and O–H groups in total. The van der Waals surface area contributed by atoms with Gasteiger partial charge in [-0.25, -0.2) is 4.68 Å². The fraction of sp³-hybridized carbons (Fsp3) is 0.250. The van der Waals surface area contributed by atoms with Crippen LogP contribution in [0.1, 0.15) is 33.7 Å². The first-order valence-electron chi connectivity index (χ1n) is 13.2. The zero-order valence-electron chi connectivity index (χ0n) is 22.6. The molecule has 1 fully saturated rings. The predicted molar refractivity (Wildman–Crippen MR) is 149 cm³/mol. The van der Waals surface area contributed by atoms with Gasteiger partial charge in [-0.1, -0.05) is 42.5 Å². The van der Waals surface area contributed by atoms with Gasteiger partial charge in [0.15, 0.2) is 0 Å². The standard InChI is InChI=1S/C32H29F2N3O4/c1-3-14-32(33,34)30-20-25(37(35-30)28-6-4-5-7-29(28)38)21-41-26-11-8-23(9-12-26)24-10-13-27(22(2)19-24)31(39)36-15-17-40-18-16-36/h3,6-13,19-20,38H,1,14-18,21H2,2H3. The van der Waals surface area contributed by atoms with Gasteiger partial charge in [0, 0.05) is 37.2 Å². The van der Waals surface area contributed by atoms with Crippen LogP contribution in [0.25, 0.3) is 16.8 Å². The summed E-state index contributed by atoms with van der Waals surface area (Å²) in [6.07, 6.45) is 0.560. The van der Waals surface area contributed by atoms with Gasteiger partial charge in [0.05, 0.1) is 18.9 Å². The summed E-state index contributed by atoms with van der Waals surface area (Å²) in [6, 6.07) is 22.4. The van der Waals surface area contributed by atoms with Crippen LogP contribution in [0.4, 0.5) is 8.78 Å². The molecule has 0 bridgehead atoms. The molecule has 1 aromatic heterocycles. The molecule has 210 valence electrons. The Balaban J connectivity index is 1.32. The molecule has 0 saturated carbocycles. The van der Waals surface area contributed by atoms with Crippen LogP contribution < -0.4 is 4.74 Å². The first-order chi connectivity index (χ1) is 19.8. The third-order valence-corrected chi connectivity index (χ3v) is 6.88. The number of allylic oxidation sites excluding steroid dienone is 1. The van der Waals surface area contributed by atoms with Gasteiger partial charge in [0.25, 0.3) is 11.8 Å². The highest BCUT2D eigenvalue weighted by atomic mass is 19.3. The summed E-state index contributed by atoms with van der Waals surface area (Å²) in [7, 11) is 0. The Bertz CT molecular complexity index is 1540. The summed E-state index contributed by atoms with van der Waals surface area (Å²) in [5.41, 5.74) is 3.49. The summed E-state index contributed by atoms with van der Waals surface area (Å²) in [5.74, 6) is -2.88. The first-order valence-corrected chi connectivity index (χ1v) is 13.2. The normalized spacial score (nSPS) is 13.5. The van der Waals surface area contributed by atoms with Crippen molar-refractivity contribution < 1.29 is 28.2 Å². The van der Waals surface area contributed by atoms with Crippen molar-refractivity contribution in [1.82, 2.24) is 14.7 Å². The van der Waals surface area contributed by atoms with Gasteiger partial charge in [-0.15, -0.1) is 6.58 Å². The van der Waals surface area contributed by atoms with Crippen molar-refractivity contribution in [3.8, 4) is 28.3 Å². The maximum absolute atomic E-state index is 14.6. The van der Waals surface area contributed by atoms with E-state index in [0.717, 1.165) is 22.8 Å². The van der Waals surface area contributed by atoms with Crippen molar-refractivity contribution in [3.05, 3.63) is 108 Å². The Hall–Kier alpha value is -4.68. The average Bonchev–Trinajstić information content (AvgIpc) is 3.42. The molecule has 9 heteroatoms. The van der Waals surface area contributed by atoms with Crippen LogP contribution in [-0.2, 0) is 17.3 Å². The van der Waals surface area contributed by atoms with E-state index in [2.05, 4.69) is 23.8 Å². The number of halogens is 2. The minimum Gasteiger partial charge on any atom is -0.505 e. The smallest absolute Gasteiger partial charge is 0.294 e. The van der Waals surface area contributed by atoms with Crippen molar-refractivity contribution >= 4 is 5.91 Å². The number of alkyl halides is 2. The quantitative estimate of drug-likeness (QED) is 0.261. The minimum absolute atomic E-state index is 0.00518. The Kier molecular flexibility index (Phi) is 8.04. The SMILES string of the molecule is C=CCC(F)(F)c1cc(COc2ccc(-c3ccc(C(=O)N4CCOCC4)c(C)c3)cc2)n(-c2cc#ccc2O)n1. The van der Waals surface area contributed by atoms with Crippen molar-refractivity contribution in [2.75, 3.05) is 26.3 Å². The number of benzene rings is 2. The lowest BCUT2D eigenvalue weighted by Crippen LogP contribution is -2.40. The number of rotatable bonds is 9. The predicted octanol–water partition coefficient (Wildman–Crippen LogP) is 5.87. The Labute approximate surface area is 237 Å². The van der Waals surface area contributed by atoms with Gasteiger partial charge in [-0.2, -0.15) is 13.9 Å². The summed E-state index contributed by atoms with van der Waals surface area (Å²) in [5, 5.41) is 14.3. The number of nitrogens with zero attached hydrogens (tertiary/aromatic N) is 3. The first kappa shape index (κ1) is 27.9. The lowest BCUT2D eigenvalue weighted by molar-refractivity contribution is -0.00576. The largest absolute Gasteiger partial charge is 0.505 e. The Morgan fingerprint density at radius 1 is 1.12 bits per heavy atom. The maximum Gasteiger partial charge on any atom is 0.294 e. The summed E-state index contributed by atoms with van der Waals surface area (Å²) >= 11 is 0. The van der Waals surface area contributed by atoms with Crippen molar-refractivity contribution in [2.45, 2.75) is 25.9 Å². The molecule has 2 heterocycles. The molecular formula is C32H29F2N3O4. The molecule has 41 heavy (non-hydrogen) atoms. The lowest BCUT2D eigenvalue weighted by Gasteiger charge is -2.27. The fourth-order valence-electron chi connectivity index (χ4n) is 4.65. The number of aromatic hydroxyl groups is 1. The van der Waals surface area contributed by atoms with E-state index >= 15 is 0 Å². The maximum atomic E-state index is 14.6. The van der Waals surface area contributed by atoms with Gasteiger partial charge in [0.2, 0.25) is 0 Å². The van der Waals surface area contributed by atoms with Crippen molar-refractivity contribution in [2.24, 2.45) is 0 Å². The zero-order chi connectivity index (χ0) is 29.0. The van der Waals surface area contributed by atoms with E-state index in [-0.39, 0.29) is 24.0 Å². The Morgan fingerprint density at radius 2 is 1.83 bits per heavy atom. The van der Waals surface area contributed by atoms with E-state index < -0.39 is 18.0 Å². The van der Waals surface area contributed by atoms with Crippen LogP contribution in [0.2, 0.25) is 0 Å². The molecule has 1 aliphatic rings. The van der Waals surface area contributed by atoms with E-state index in [9.17, 15) is 18.7 Å². The third-order valence-electron chi connectivity index (χ3n) is 6.88. The van der Waals surface area contributed by atoms with Crippen LogP contribution in [0.15, 0.2) is 73.3 Å². The van der Waals surface area contributed by atoms with Crippen LogP contribution in [-0.4, -0.2) is 52.0 Å². The Morgan fingerprint density at radius 3 is 2.51 bits per heavy atom. The molecule has 0 spiro atoms. The van der Waals surface area contributed by atoms with E-state index in [1.54, 1.807) is 12.1 Å². The van der Waals surface area contributed by atoms with Crippen molar-refractivity contribution in [3.63, 3.8) is 0 Å². The van der Waals surface area contributed by atoms with Gasteiger partial charge >= 0.3 is 0 Å². The minimum atomic E-state index is -3.23. The second-order valence-electron chi connectivity index (χ2n) is 9.73. The number of aromatic nitrogens is 2. The monoisotopic (exact) mass is 557 g/mol. The number of aryl methyl sites for hydroxylation is 1. The van der Waals surface area contributed by atoms with Crippen LogP contribution in [0.3, 0.4) is 0 Å². The average molecular weight is 558 g/mol. The van der Waals surface area contributed by atoms with E-state index in [0.29, 0.717) is 43.3 Å². The number of carbonyl (C=O) groups is 1. The van der Waals surface area contributed by atoms with Gasteiger partial charge < -0.3 is 19.5 Å². The van der Waals surface area contributed by atoms with Gasteiger partial charge in [-0.05, 0) is 47.9 Å². The molecule has 0 radical (unpaired) electrons. The number of hydrogen-bond donors (Lipinski definition) is 1. The molecule has 4 aromatic rings. The molecule has 7 nitrogen and oxygen atoms in total. The van der Waals surface area contributed by atoms with Crippen molar-refractivity contribution in [1.29, 1.82) is 0 Å². The molecule has 0 atom stereocenters. The summed E-state index contributed by atoms with van der Waals surface area (Å²) < 4.78 is 41.8. The number of morpholine rings is 1. The molecule has 1 aliphatic heterocycles. The summed E-state index contributed by atoms with van der Waals surface area (Å²) in [6.45, 7) is 7.52. The lowest BCUT2D eigenvalue weighted by atomic mass is 9.99. The number of amides is 1. The van der Waals surface area contributed by atoms with Crippen LogP contribution >= 0.6 is 0 Å². The molecule has 3 aromatic carbocycles. The van der Waals surface area contributed by atoms with Gasteiger partial charge in [0.1, 0.15) is 29.5 Å². The highest BCUT2D eigenvalue weighted by molar-refractivity contribution is 5.96. The highest BCUT2D eigenvalue weighted by Gasteiger charge is 2.34. The second kappa shape index (κ2) is 11.8. The molecule has 5 rings (SSSR count). The molecule has 0 aliphatic carbocycles.